The Hall–Kier alpha value is -4.88. The minimum absolute atomic E-state index is 0.0708. The molecule has 6 atom stereocenters. The van der Waals surface area contributed by atoms with Gasteiger partial charge < -0.3 is 39.0 Å². The molecule has 3 N–H and O–H groups in total. The summed E-state index contributed by atoms with van der Waals surface area (Å²) in [6.07, 6.45) is 64.5. The molecule has 1 aliphatic rings. The molecule has 458 valence electrons. The largest absolute Gasteiger partial charge is 0.479 e. The van der Waals surface area contributed by atoms with Crippen molar-refractivity contribution >= 4 is 23.9 Å². The summed E-state index contributed by atoms with van der Waals surface area (Å²) in [4.78, 5) is 51.2. The molecule has 1 fully saturated rings. The van der Waals surface area contributed by atoms with E-state index in [-0.39, 0.29) is 25.9 Å². The summed E-state index contributed by atoms with van der Waals surface area (Å²) in [7, 11) is 0. The molecule has 0 spiro atoms. The molecule has 1 heterocycles. The first-order chi connectivity index (χ1) is 39.6. The first-order valence-corrected chi connectivity index (χ1v) is 31.5. The zero-order valence-corrected chi connectivity index (χ0v) is 50.5. The molecule has 1 aliphatic heterocycles. The summed E-state index contributed by atoms with van der Waals surface area (Å²) in [6, 6.07) is 0. The Kier molecular flexibility index (Phi) is 50.9. The number of aliphatic hydroxyl groups excluding tert-OH is 2. The second kappa shape index (κ2) is 55.6. The smallest absolute Gasteiger partial charge is 0.335 e. The van der Waals surface area contributed by atoms with Gasteiger partial charge in [0.15, 0.2) is 24.6 Å². The molecule has 0 saturated carbocycles. The van der Waals surface area contributed by atoms with E-state index in [0.717, 1.165) is 116 Å². The maximum Gasteiger partial charge on any atom is 0.335 e. The molecule has 0 aliphatic carbocycles. The molecule has 12 heteroatoms. The Morgan fingerprint density at radius 3 is 1.23 bits per heavy atom. The SMILES string of the molecule is CC/C=C\C/C=C\C/C=C\C/C=C\C/C=C\C/C=C\CCC(=O)OC1C(OCC(COC(=O)CCCCCCCC/C=C\C/C=C\C/C=C\C/C=C\CC)OC(=O)CCCCCCCCCCCCCCC)OC(C(=O)O)C(O)C1O. The molecule has 0 amide bonds. The summed E-state index contributed by atoms with van der Waals surface area (Å²) in [5.41, 5.74) is 0. The van der Waals surface area contributed by atoms with Gasteiger partial charge in [-0.25, -0.2) is 4.79 Å². The molecular weight excluding hydrogens is 1020 g/mol. The van der Waals surface area contributed by atoms with Crippen LogP contribution in [0.2, 0.25) is 0 Å². The van der Waals surface area contributed by atoms with Crippen molar-refractivity contribution in [1.82, 2.24) is 0 Å². The quantitative estimate of drug-likeness (QED) is 0.0228. The van der Waals surface area contributed by atoms with E-state index in [2.05, 4.69) is 124 Å². The highest BCUT2D eigenvalue weighted by Crippen LogP contribution is 2.26. The molecule has 1 saturated heterocycles. The molecule has 81 heavy (non-hydrogen) atoms. The van der Waals surface area contributed by atoms with Crippen LogP contribution in [0.15, 0.2) is 122 Å². The van der Waals surface area contributed by atoms with E-state index < -0.39 is 67.3 Å². The van der Waals surface area contributed by atoms with Crippen LogP contribution in [-0.2, 0) is 42.9 Å². The molecule has 0 aromatic carbocycles. The van der Waals surface area contributed by atoms with Gasteiger partial charge in [0, 0.05) is 19.3 Å². The standard InChI is InChI=1S/C69H110O12/c1-4-7-10-13-16-19-22-25-27-29-31-33-35-38-40-43-46-49-52-55-61(70)77-58-60(79-62(71)56-53-50-47-44-41-37-24-21-18-15-12-9-6-3)59-78-69-67(65(74)64(73)66(81-69)68(75)76)80-63(72)57-54-51-48-45-42-39-36-34-32-30-28-26-23-20-17-14-11-8-5-2/h7-8,10-11,16-17,19-20,25-28,31-34,39,42,48,51,60,64-67,69,73-74H,4-6,9,12-15,18,21-24,29-30,35-38,40-41,43-47,49-50,52-59H2,1-3H3,(H,75,76)/b10-7-,11-8-,19-16-,20-17-,27-25-,28-26-,33-31-,34-32-,42-39-,51-48-. The van der Waals surface area contributed by atoms with Crippen molar-refractivity contribution in [2.45, 2.75) is 276 Å². The molecule has 0 aromatic rings. The molecule has 6 unspecified atom stereocenters. The second-order valence-corrected chi connectivity index (χ2v) is 20.9. The van der Waals surface area contributed by atoms with Crippen molar-refractivity contribution in [3.8, 4) is 0 Å². The van der Waals surface area contributed by atoms with E-state index in [4.69, 9.17) is 23.7 Å². The Labute approximate surface area is 490 Å². The van der Waals surface area contributed by atoms with Crippen LogP contribution >= 0.6 is 0 Å². The van der Waals surface area contributed by atoms with Gasteiger partial charge in [-0.05, 0) is 96.3 Å². The number of unbranched alkanes of at least 4 members (excludes halogenated alkanes) is 18. The zero-order valence-electron chi connectivity index (χ0n) is 50.5. The van der Waals surface area contributed by atoms with Gasteiger partial charge in [0.25, 0.3) is 0 Å². The molecular formula is C69H110O12. The summed E-state index contributed by atoms with van der Waals surface area (Å²) < 4.78 is 28.4. The highest BCUT2D eigenvalue weighted by atomic mass is 16.7. The van der Waals surface area contributed by atoms with Crippen molar-refractivity contribution in [2.24, 2.45) is 0 Å². The van der Waals surface area contributed by atoms with Crippen molar-refractivity contribution in [2.75, 3.05) is 13.2 Å². The number of hydrogen-bond donors (Lipinski definition) is 3. The number of ether oxygens (including phenoxy) is 5. The number of aliphatic carboxylic acids is 1. The number of carboxylic acids is 1. The van der Waals surface area contributed by atoms with Gasteiger partial charge in [-0.2, -0.15) is 0 Å². The van der Waals surface area contributed by atoms with Crippen LogP contribution in [0.5, 0.6) is 0 Å². The number of carbonyl (C=O) groups is 4. The van der Waals surface area contributed by atoms with Crippen molar-refractivity contribution in [1.29, 1.82) is 0 Å². The monoisotopic (exact) mass is 1130 g/mol. The first kappa shape index (κ1) is 74.1. The molecule has 0 bridgehead atoms. The Balaban J connectivity index is 2.71. The number of carboxylic acid groups (broad SMARTS) is 1. The topological polar surface area (TPSA) is 175 Å². The third-order valence-electron chi connectivity index (χ3n) is 13.5. The predicted octanol–water partition coefficient (Wildman–Crippen LogP) is 16.8. The van der Waals surface area contributed by atoms with Crippen LogP contribution < -0.4 is 0 Å². The summed E-state index contributed by atoms with van der Waals surface area (Å²) in [6.45, 7) is 5.73. The number of carbonyl (C=O) groups excluding carboxylic acids is 3. The van der Waals surface area contributed by atoms with Gasteiger partial charge in [-0.3, -0.25) is 14.4 Å². The molecule has 1 rings (SSSR count). The zero-order chi connectivity index (χ0) is 58.9. The van der Waals surface area contributed by atoms with Crippen LogP contribution in [0.4, 0.5) is 0 Å². The lowest BCUT2D eigenvalue weighted by molar-refractivity contribution is -0.301. The summed E-state index contributed by atoms with van der Waals surface area (Å²) in [5, 5.41) is 31.5. The van der Waals surface area contributed by atoms with Crippen molar-refractivity contribution < 1.29 is 58.2 Å². The lowest BCUT2D eigenvalue weighted by Gasteiger charge is -2.40. The van der Waals surface area contributed by atoms with Crippen LogP contribution in [0.25, 0.3) is 0 Å². The van der Waals surface area contributed by atoms with Crippen LogP contribution in [0.3, 0.4) is 0 Å². The third-order valence-corrected chi connectivity index (χ3v) is 13.5. The second-order valence-electron chi connectivity index (χ2n) is 20.9. The van der Waals surface area contributed by atoms with Gasteiger partial charge in [0.1, 0.15) is 18.8 Å². The van der Waals surface area contributed by atoms with Gasteiger partial charge in [-0.15, -0.1) is 0 Å². The third kappa shape index (κ3) is 45.3. The van der Waals surface area contributed by atoms with Crippen molar-refractivity contribution in [3.05, 3.63) is 122 Å². The van der Waals surface area contributed by atoms with Crippen molar-refractivity contribution in [3.63, 3.8) is 0 Å². The van der Waals surface area contributed by atoms with E-state index in [1.165, 1.54) is 57.8 Å². The fourth-order valence-corrected chi connectivity index (χ4v) is 8.80. The fraction of sp³-hybridized carbons (Fsp3) is 0.652. The number of rotatable bonds is 52. The van der Waals surface area contributed by atoms with E-state index in [0.29, 0.717) is 25.7 Å². The van der Waals surface area contributed by atoms with Crippen LogP contribution in [-0.4, -0.2) is 89.2 Å². The number of esters is 3. The first-order valence-electron chi connectivity index (χ1n) is 31.5. The van der Waals surface area contributed by atoms with E-state index in [1.54, 1.807) is 0 Å². The summed E-state index contributed by atoms with van der Waals surface area (Å²) >= 11 is 0. The number of hydrogen-bond acceptors (Lipinski definition) is 11. The van der Waals surface area contributed by atoms with Gasteiger partial charge >= 0.3 is 23.9 Å². The fourth-order valence-electron chi connectivity index (χ4n) is 8.80. The Morgan fingerprint density at radius 2 is 0.802 bits per heavy atom. The van der Waals surface area contributed by atoms with Gasteiger partial charge in [0.2, 0.25) is 0 Å². The molecule has 12 nitrogen and oxygen atoms in total. The average Bonchev–Trinajstić information content (AvgIpc) is 3.54. The lowest BCUT2D eigenvalue weighted by atomic mass is 9.98. The predicted molar refractivity (Wildman–Crippen MR) is 330 cm³/mol. The molecule has 0 radical (unpaired) electrons. The minimum Gasteiger partial charge on any atom is -0.479 e. The van der Waals surface area contributed by atoms with E-state index in [9.17, 15) is 34.5 Å². The van der Waals surface area contributed by atoms with E-state index in [1.807, 2.05) is 18.2 Å². The van der Waals surface area contributed by atoms with Crippen LogP contribution in [0.1, 0.15) is 239 Å². The maximum atomic E-state index is 13.2. The normalized spacial score (nSPS) is 18.6. The minimum atomic E-state index is -1.94. The highest BCUT2D eigenvalue weighted by Gasteiger charge is 2.50. The Morgan fingerprint density at radius 1 is 0.420 bits per heavy atom. The summed E-state index contributed by atoms with van der Waals surface area (Å²) in [5.74, 6) is -3.25. The Bertz CT molecular complexity index is 1870. The maximum absolute atomic E-state index is 13.2. The molecule has 0 aromatic heterocycles. The van der Waals surface area contributed by atoms with Gasteiger partial charge in [-0.1, -0.05) is 245 Å². The highest BCUT2D eigenvalue weighted by molar-refractivity contribution is 5.74. The van der Waals surface area contributed by atoms with E-state index >= 15 is 0 Å². The number of allylic oxidation sites excluding steroid dienone is 20. The average molecular weight is 1130 g/mol. The van der Waals surface area contributed by atoms with Crippen LogP contribution in [0, 0.1) is 0 Å². The van der Waals surface area contributed by atoms with Gasteiger partial charge in [0.05, 0.1) is 6.61 Å². The lowest BCUT2D eigenvalue weighted by Crippen LogP contribution is -2.61. The number of aliphatic hydroxyl groups is 2.